The number of aliphatic hydroxyl groups is 1. The van der Waals surface area contributed by atoms with Crippen LogP contribution in [-0.4, -0.2) is 23.2 Å². The number of anilines is 2. The average molecular weight is 316 g/mol. The molecule has 0 fully saturated rings. The van der Waals surface area contributed by atoms with E-state index < -0.39 is 0 Å². The van der Waals surface area contributed by atoms with E-state index in [9.17, 15) is 5.11 Å². The molecule has 1 aromatic rings. The highest BCUT2D eigenvalue weighted by Crippen LogP contribution is 2.30. The third kappa shape index (κ3) is 3.14. The summed E-state index contributed by atoms with van der Waals surface area (Å²) in [5.74, 6) is 0.779. The van der Waals surface area contributed by atoms with Crippen LogP contribution in [0.5, 0.6) is 0 Å². The first-order valence-corrected chi connectivity index (χ1v) is 7.04. The van der Waals surface area contributed by atoms with E-state index in [1.807, 2.05) is 6.92 Å². The van der Waals surface area contributed by atoms with Gasteiger partial charge >= 0.3 is 0 Å². The van der Waals surface area contributed by atoms with E-state index in [4.69, 9.17) is 5.73 Å². The van der Waals surface area contributed by atoms with Gasteiger partial charge in [-0.1, -0.05) is 13.8 Å². The first kappa shape index (κ1) is 15.2. The quantitative estimate of drug-likeness (QED) is 0.754. The lowest BCUT2D eigenvalue weighted by Gasteiger charge is -2.30. The first-order chi connectivity index (χ1) is 8.49. The summed E-state index contributed by atoms with van der Waals surface area (Å²) in [6.45, 7) is 7.02. The minimum atomic E-state index is -0.0869. The Morgan fingerprint density at radius 3 is 2.56 bits per heavy atom. The van der Waals surface area contributed by atoms with Gasteiger partial charge in [-0.3, -0.25) is 0 Å². The highest BCUT2D eigenvalue weighted by Gasteiger charge is 2.25. The van der Waals surface area contributed by atoms with Crippen LogP contribution in [-0.2, 0) is 0 Å². The summed E-state index contributed by atoms with van der Waals surface area (Å²) in [6, 6.07) is 0. The Kier molecular flexibility index (Phi) is 5.41. The van der Waals surface area contributed by atoms with Crippen molar-refractivity contribution < 1.29 is 5.11 Å². The van der Waals surface area contributed by atoms with Crippen molar-refractivity contribution in [2.24, 2.45) is 5.41 Å². The van der Waals surface area contributed by atoms with Crippen molar-refractivity contribution in [1.29, 1.82) is 0 Å². The van der Waals surface area contributed by atoms with Gasteiger partial charge in [0.25, 0.3) is 0 Å². The number of hydrogen-bond acceptors (Lipinski definition) is 4. The van der Waals surface area contributed by atoms with Crippen LogP contribution in [0.25, 0.3) is 0 Å². The van der Waals surface area contributed by atoms with Crippen LogP contribution in [0, 0.1) is 12.3 Å². The monoisotopic (exact) mass is 315 g/mol. The molecule has 0 bridgehead atoms. The van der Waals surface area contributed by atoms with Crippen LogP contribution >= 0.6 is 15.9 Å². The Morgan fingerprint density at radius 1 is 1.44 bits per heavy atom. The number of nitrogens with one attached hydrogen (secondary N) is 1. The fourth-order valence-electron chi connectivity index (χ4n) is 1.77. The molecule has 1 heterocycles. The molecule has 4 nitrogen and oxygen atoms in total. The first-order valence-electron chi connectivity index (χ1n) is 6.25. The van der Waals surface area contributed by atoms with Gasteiger partial charge in [0.15, 0.2) is 0 Å². The van der Waals surface area contributed by atoms with Crippen molar-refractivity contribution in [1.82, 2.24) is 4.98 Å². The molecule has 0 radical (unpaired) electrons. The highest BCUT2D eigenvalue weighted by molar-refractivity contribution is 9.10. The molecule has 5 heteroatoms. The standard InChI is InChI=1S/C13H22BrN3O/c1-4-13(5-2,8-18)7-17-12-11(14)9(3)10(15)6-16-12/h6,18H,4-5,7-8,15H2,1-3H3,(H,16,17). The zero-order valence-corrected chi connectivity index (χ0v) is 12.8. The Labute approximate surface area is 117 Å². The summed E-state index contributed by atoms with van der Waals surface area (Å²) in [4.78, 5) is 4.28. The van der Waals surface area contributed by atoms with Crippen molar-refractivity contribution in [3.63, 3.8) is 0 Å². The molecule has 0 unspecified atom stereocenters. The second kappa shape index (κ2) is 6.38. The number of aromatic nitrogens is 1. The van der Waals surface area contributed by atoms with Gasteiger partial charge in [-0.15, -0.1) is 0 Å². The Morgan fingerprint density at radius 2 is 2.06 bits per heavy atom. The molecule has 4 N–H and O–H groups in total. The maximum absolute atomic E-state index is 9.53. The Bertz CT molecular complexity index is 397. The van der Waals surface area contributed by atoms with Gasteiger partial charge in [-0.25, -0.2) is 4.98 Å². The van der Waals surface area contributed by atoms with Gasteiger partial charge in [0, 0.05) is 12.0 Å². The fourth-order valence-corrected chi connectivity index (χ4v) is 2.24. The van der Waals surface area contributed by atoms with Gasteiger partial charge in [-0.05, 0) is 41.3 Å². The summed E-state index contributed by atoms with van der Waals surface area (Å²) in [5.41, 5.74) is 7.36. The number of nitrogens with two attached hydrogens (primary N) is 1. The summed E-state index contributed by atoms with van der Waals surface area (Å²) in [7, 11) is 0. The zero-order valence-electron chi connectivity index (χ0n) is 11.3. The number of hydrogen-bond donors (Lipinski definition) is 3. The molecule has 0 saturated heterocycles. The van der Waals surface area contributed by atoms with Gasteiger partial charge < -0.3 is 16.2 Å². The molecule has 18 heavy (non-hydrogen) atoms. The second-order valence-electron chi connectivity index (χ2n) is 4.72. The third-order valence-electron chi connectivity index (χ3n) is 3.77. The predicted molar refractivity (Wildman–Crippen MR) is 79.7 cm³/mol. The van der Waals surface area contributed by atoms with E-state index in [2.05, 4.69) is 40.1 Å². The SMILES string of the molecule is CCC(CC)(CO)CNc1ncc(N)c(C)c1Br. The van der Waals surface area contributed by atoms with Crippen molar-refractivity contribution >= 4 is 27.4 Å². The Hall–Kier alpha value is -0.810. The lowest BCUT2D eigenvalue weighted by Crippen LogP contribution is -2.32. The van der Waals surface area contributed by atoms with Crippen LogP contribution in [0.1, 0.15) is 32.3 Å². The van der Waals surface area contributed by atoms with E-state index in [0.717, 1.165) is 28.7 Å². The number of nitrogens with zero attached hydrogens (tertiary/aromatic N) is 1. The molecule has 102 valence electrons. The van der Waals surface area contributed by atoms with Crippen LogP contribution < -0.4 is 11.1 Å². The Balaban J connectivity index is 2.83. The molecular weight excluding hydrogens is 294 g/mol. The summed E-state index contributed by atoms with van der Waals surface area (Å²) in [5, 5.41) is 12.8. The number of rotatable bonds is 6. The molecular formula is C13H22BrN3O. The van der Waals surface area contributed by atoms with Crippen LogP contribution in [0.15, 0.2) is 10.7 Å². The molecule has 0 spiro atoms. The predicted octanol–water partition coefficient (Wildman–Crippen LogP) is 2.95. The summed E-state index contributed by atoms with van der Waals surface area (Å²) >= 11 is 3.50. The summed E-state index contributed by atoms with van der Waals surface area (Å²) < 4.78 is 0.890. The number of pyridine rings is 1. The van der Waals surface area contributed by atoms with E-state index in [1.165, 1.54) is 0 Å². The zero-order chi connectivity index (χ0) is 13.8. The maximum atomic E-state index is 9.53. The van der Waals surface area contributed by atoms with Crippen molar-refractivity contribution in [3.05, 3.63) is 16.2 Å². The van der Waals surface area contributed by atoms with E-state index in [1.54, 1.807) is 6.20 Å². The molecule has 0 aromatic carbocycles. The van der Waals surface area contributed by atoms with Crippen molar-refractivity contribution in [3.8, 4) is 0 Å². The van der Waals surface area contributed by atoms with E-state index in [-0.39, 0.29) is 12.0 Å². The lowest BCUT2D eigenvalue weighted by molar-refractivity contribution is 0.127. The fraction of sp³-hybridized carbons (Fsp3) is 0.615. The van der Waals surface area contributed by atoms with Crippen LogP contribution in [0.2, 0.25) is 0 Å². The van der Waals surface area contributed by atoms with Crippen LogP contribution in [0.4, 0.5) is 11.5 Å². The molecule has 0 atom stereocenters. The third-order valence-corrected chi connectivity index (χ3v) is 4.74. The van der Waals surface area contributed by atoms with Gasteiger partial charge in [0.1, 0.15) is 5.82 Å². The molecule has 0 amide bonds. The summed E-state index contributed by atoms with van der Waals surface area (Å²) in [6.07, 6.45) is 3.51. The van der Waals surface area contributed by atoms with Gasteiger partial charge in [0.2, 0.25) is 0 Å². The lowest BCUT2D eigenvalue weighted by atomic mass is 9.83. The van der Waals surface area contributed by atoms with Crippen LogP contribution in [0.3, 0.4) is 0 Å². The number of aliphatic hydroxyl groups excluding tert-OH is 1. The smallest absolute Gasteiger partial charge is 0.140 e. The normalized spacial score (nSPS) is 11.6. The largest absolute Gasteiger partial charge is 0.397 e. The maximum Gasteiger partial charge on any atom is 0.140 e. The minimum Gasteiger partial charge on any atom is -0.397 e. The molecule has 0 aliphatic heterocycles. The molecule has 1 rings (SSSR count). The topological polar surface area (TPSA) is 71.2 Å². The number of nitrogen functional groups attached to an aromatic ring is 1. The molecule has 1 aromatic heterocycles. The molecule has 0 aliphatic rings. The van der Waals surface area contributed by atoms with Crippen molar-refractivity contribution in [2.75, 3.05) is 24.2 Å². The van der Waals surface area contributed by atoms with E-state index >= 15 is 0 Å². The highest BCUT2D eigenvalue weighted by atomic mass is 79.9. The number of halogens is 1. The van der Waals surface area contributed by atoms with E-state index in [0.29, 0.717) is 12.2 Å². The van der Waals surface area contributed by atoms with Gasteiger partial charge in [0.05, 0.1) is 23.0 Å². The molecule has 0 aliphatic carbocycles. The minimum absolute atomic E-state index is 0.0869. The van der Waals surface area contributed by atoms with Gasteiger partial charge in [-0.2, -0.15) is 0 Å². The second-order valence-corrected chi connectivity index (χ2v) is 5.51. The average Bonchev–Trinajstić information content (AvgIpc) is 2.40. The molecule has 0 saturated carbocycles. The van der Waals surface area contributed by atoms with Crippen molar-refractivity contribution in [2.45, 2.75) is 33.6 Å².